The van der Waals surface area contributed by atoms with Gasteiger partial charge in [0, 0.05) is 8.95 Å². The fourth-order valence-corrected chi connectivity index (χ4v) is 3.75. The van der Waals surface area contributed by atoms with Gasteiger partial charge in [-0.3, -0.25) is 0 Å². The van der Waals surface area contributed by atoms with Gasteiger partial charge in [-0.15, -0.1) is 11.6 Å². The van der Waals surface area contributed by atoms with Gasteiger partial charge in [-0.25, -0.2) is 0 Å². The van der Waals surface area contributed by atoms with Crippen LogP contribution in [0.2, 0.25) is 10.0 Å². The lowest BCUT2D eigenvalue weighted by molar-refractivity contribution is 1.12. The van der Waals surface area contributed by atoms with E-state index in [1.165, 1.54) is 0 Å². The first-order chi connectivity index (χ1) is 8.91. The van der Waals surface area contributed by atoms with Crippen LogP contribution in [-0.4, -0.2) is 0 Å². The first kappa shape index (κ1) is 15.7. The Kier molecular flexibility index (Phi) is 5.24. The van der Waals surface area contributed by atoms with Crippen LogP contribution in [0.15, 0.2) is 39.3 Å². The lowest BCUT2D eigenvalue weighted by Crippen LogP contribution is -1.97. The SMILES string of the molecule is Cc1cc(Br)c(C(Cl)c2cccc(Cl)c2Cl)cc1Br. The number of halogens is 5. The Bertz CT molecular complexity index is 626. The molecule has 2 aromatic carbocycles. The average molecular weight is 443 g/mol. The molecule has 0 bridgehead atoms. The van der Waals surface area contributed by atoms with Crippen molar-refractivity contribution in [3.63, 3.8) is 0 Å². The van der Waals surface area contributed by atoms with Gasteiger partial charge in [0.25, 0.3) is 0 Å². The van der Waals surface area contributed by atoms with E-state index in [4.69, 9.17) is 34.8 Å². The quantitative estimate of drug-likeness (QED) is 0.432. The highest BCUT2D eigenvalue weighted by molar-refractivity contribution is 9.11. The second-order valence-electron chi connectivity index (χ2n) is 4.13. The van der Waals surface area contributed by atoms with Crippen LogP contribution >= 0.6 is 66.7 Å². The van der Waals surface area contributed by atoms with Gasteiger partial charge in [-0.2, -0.15) is 0 Å². The summed E-state index contributed by atoms with van der Waals surface area (Å²) in [5.41, 5.74) is 2.88. The maximum atomic E-state index is 6.54. The Balaban J connectivity index is 2.53. The van der Waals surface area contributed by atoms with Gasteiger partial charge in [0.15, 0.2) is 0 Å². The predicted octanol–water partition coefficient (Wildman–Crippen LogP) is 7.16. The van der Waals surface area contributed by atoms with E-state index in [2.05, 4.69) is 31.9 Å². The smallest absolute Gasteiger partial charge is 0.0861 e. The molecule has 0 saturated heterocycles. The molecule has 0 aromatic heterocycles. The molecule has 19 heavy (non-hydrogen) atoms. The van der Waals surface area contributed by atoms with Gasteiger partial charge in [0.05, 0.1) is 15.4 Å². The third-order valence-electron chi connectivity index (χ3n) is 2.81. The van der Waals surface area contributed by atoms with Crippen molar-refractivity contribution in [3.8, 4) is 0 Å². The van der Waals surface area contributed by atoms with E-state index in [9.17, 15) is 0 Å². The molecule has 0 aliphatic rings. The summed E-state index contributed by atoms with van der Waals surface area (Å²) in [5, 5.41) is 0.636. The molecule has 0 heterocycles. The van der Waals surface area contributed by atoms with E-state index >= 15 is 0 Å². The van der Waals surface area contributed by atoms with Crippen molar-refractivity contribution >= 4 is 66.7 Å². The highest BCUT2D eigenvalue weighted by Gasteiger charge is 2.19. The Labute approximate surface area is 144 Å². The predicted molar refractivity (Wildman–Crippen MR) is 90.7 cm³/mol. The number of alkyl halides is 1. The summed E-state index contributed by atoms with van der Waals surface area (Å²) >= 11 is 25.8. The summed E-state index contributed by atoms with van der Waals surface area (Å²) in [7, 11) is 0. The first-order valence-corrected chi connectivity index (χ1v) is 8.23. The van der Waals surface area contributed by atoms with Gasteiger partial charge < -0.3 is 0 Å². The summed E-state index contributed by atoms with van der Waals surface area (Å²) < 4.78 is 1.96. The van der Waals surface area contributed by atoms with Gasteiger partial charge in [0.1, 0.15) is 0 Å². The van der Waals surface area contributed by atoms with Crippen molar-refractivity contribution in [2.75, 3.05) is 0 Å². The number of aryl methyl sites for hydroxylation is 1. The zero-order chi connectivity index (χ0) is 14.2. The molecule has 1 atom stereocenters. The van der Waals surface area contributed by atoms with E-state index in [0.717, 1.165) is 25.6 Å². The van der Waals surface area contributed by atoms with Crippen LogP contribution < -0.4 is 0 Å². The van der Waals surface area contributed by atoms with Crippen molar-refractivity contribution in [2.24, 2.45) is 0 Å². The summed E-state index contributed by atoms with van der Waals surface area (Å²) in [6.45, 7) is 2.02. The standard InChI is InChI=1S/C14H9Br2Cl3/c1-7-5-11(16)9(6-10(7)15)13(18)8-3-2-4-12(17)14(8)19/h2-6,13H,1H3. The molecule has 0 spiro atoms. The average Bonchev–Trinajstić information content (AvgIpc) is 2.36. The second kappa shape index (κ2) is 6.36. The van der Waals surface area contributed by atoms with E-state index < -0.39 is 0 Å². The van der Waals surface area contributed by atoms with Crippen molar-refractivity contribution < 1.29 is 0 Å². The van der Waals surface area contributed by atoms with E-state index in [0.29, 0.717) is 10.0 Å². The third-order valence-corrected chi connectivity index (χ3v) is 5.65. The summed E-state index contributed by atoms with van der Waals surface area (Å²) in [5.74, 6) is 0. The molecule has 0 saturated carbocycles. The normalized spacial score (nSPS) is 12.5. The summed E-state index contributed by atoms with van der Waals surface area (Å²) in [6.07, 6.45) is 0. The molecular formula is C14H9Br2Cl3. The molecule has 0 radical (unpaired) electrons. The zero-order valence-electron chi connectivity index (χ0n) is 9.85. The van der Waals surface area contributed by atoms with Crippen LogP contribution in [0, 0.1) is 6.92 Å². The number of rotatable bonds is 2. The summed E-state index contributed by atoms with van der Waals surface area (Å²) in [4.78, 5) is 0. The molecular weight excluding hydrogens is 434 g/mol. The first-order valence-electron chi connectivity index (χ1n) is 5.45. The minimum Gasteiger partial charge on any atom is -0.112 e. The van der Waals surface area contributed by atoms with Crippen LogP contribution in [0.5, 0.6) is 0 Å². The molecule has 1 unspecified atom stereocenters. The highest BCUT2D eigenvalue weighted by Crippen LogP contribution is 2.41. The summed E-state index contributed by atoms with van der Waals surface area (Å²) in [6, 6.07) is 9.49. The van der Waals surface area contributed by atoms with Crippen LogP contribution in [-0.2, 0) is 0 Å². The maximum absolute atomic E-state index is 6.54. The molecule has 5 heteroatoms. The number of hydrogen-bond acceptors (Lipinski definition) is 0. The van der Waals surface area contributed by atoms with Crippen molar-refractivity contribution in [2.45, 2.75) is 12.3 Å². The van der Waals surface area contributed by atoms with Crippen LogP contribution in [0.1, 0.15) is 22.1 Å². The fraction of sp³-hybridized carbons (Fsp3) is 0.143. The lowest BCUT2D eigenvalue weighted by atomic mass is 10.0. The second-order valence-corrected chi connectivity index (χ2v) is 7.06. The molecule has 0 nitrogen and oxygen atoms in total. The van der Waals surface area contributed by atoms with Crippen molar-refractivity contribution in [3.05, 3.63) is 66.0 Å². The fourth-order valence-electron chi connectivity index (χ4n) is 1.74. The minimum absolute atomic E-state index is 0.363. The topological polar surface area (TPSA) is 0 Å². The van der Waals surface area contributed by atoms with Gasteiger partial charge in [-0.1, -0.05) is 67.2 Å². The molecule has 100 valence electrons. The molecule has 2 aromatic rings. The van der Waals surface area contributed by atoms with Crippen LogP contribution in [0.4, 0.5) is 0 Å². The molecule has 0 fully saturated rings. The van der Waals surface area contributed by atoms with E-state index in [1.54, 1.807) is 6.07 Å². The highest BCUT2D eigenvalue weighted by atomic mass is 79.9. The van der Waals surface area contributed by atoms with Crippen molar-refractivity contribution in [1.29, 1.82) is 0 Å². The molecule has 0 aliphatic carbocycles. The largest absolute Gasteiger partial charge is 0.112 e. The van der Waals surface area contributed by atoms with E-state index in [1.807, 2.05) is 31.2 Å². The van der Waals surface area contributed by atoms with Crippen LogP contribution in [0.3, 0.4) is 0 Å². The van der Waals surface area contributed by atoms with E-state index in [-0.39, 0.29) is 5.38 Å². The van der Waals surface area contributed by atoms with Gasteiger partial charge in [0.2, 0.25) is 0 Å². The molecule has 2 rings (SSSR count). The van der Waals surface area contributed by atoms with Gasteiger partial charge >= 0.3 is 0 Å². The Morgan fingerprint density at radius 2 is 1.68 bits per heavy atom. The van der Waals surface area contributed by atoms with Gasteiger partial charge in [-0.05, 0) is 41.8 Å². The third kappa shape index (κ3) is 3.30. The number of hydrogen-bond donors (Lipinski definition) is 0. The lowest BCUT2D eigenvalue weighted by Gasteiger charge is -2.16. The molecule has 0 N–H and O–H groups in total. The minimum atomic E-state index is -0.363. The van der Waals surface area contributed by atoms with Crippen molar-refractivity contribution in [1.82, 2.24) is 0 Å². The maximum Gasteiger partial charge on any atom is 0.0861 e. The zero-order valence-corrected chi connectivity index (χ0v) is 15.3. The Hall–Kier alpha value is 0.270. The molecule has 0 amide bonds. The Morgan fingerprint density at radius 1 is 1.00 bits per heavy atom. The van der Waals surface area contributed by atoms with Crippen LogP contribution in [0.25, 0.3) is 0 Å². The monoisotopic (exact) mass is 440 g/mol. The molecule has 0 aliphatic heterocycles. The Morgan fingerprint density at radius 3 is 2.37 bits per heavy atom. The number of benzene rings is 2.